The molecule has 1 unspecified atom stereocenters. The molecule has 22 heavy (non-hydrogen) atoms. The monoisotopic (exact) mass is 334 g/mol. The molecule has 0 aromatic carbocycles. The molecule has 0 saturated carbocycles. The van der Waals surface area contributed by atoms with E-state index in [1.165, 1.54) is 51.4 Å². The number of nitrogens with two attached hydrogens (primary N) is 1. The van der Waals surface area contributed by atoms with Gasteiger partial charge in [0.25, 0.3) is 0 Å². The average molecular weight is 335 g/mol. The summed E-state index contributed by atoms with van der Waals surface area (Å²) in [6.45, 7) is 3.62. The molecule has 0 bridgehead atoms. The fraction of sp³-hybridized carbons (Fsp3) is 1.00. The van der Waals surface area contributed by atoms with E-state index in [0.29, 0.717) is 6.54 Å². The molecular formula is C16H38N2O3Si. The standard InChI is InChI=1S/C16H38N2O3Si/c1-5-6-7-8-9-10-11-12-13-16(18-15-14-17)22(19-2,20-3)21-4/h16,18H,5-15,17H2,1-4H3. The fourth-order valence-corrected chi connectivity index (χ4v) is 5.13. The van der Waals surface area contributed by atoms with Gasteiger partial charge >= 0.3 is 8.80 Å². The lowest BCUT2D eigenvalue weighted by molar-refractivity contribution is 0.105. The lowest BCUT2D eigenvalue weighted by atomic mass is 10.1. The van der Waals surface area contributed by atoms with Gasteiger partial charge in [-0.2, -0.15) is 0 Å². The predicted molar refractivity (Wildman–Crippen MR) is 94.9 cm³/mol. The van der Waals surface area contributed by atoms with E-state index in [4.69, 9.17) is 19.0 Å². The van der Waals surface area contributed by atoms with Crippen molar-refractivity contribution < 1.29 is 13.3 Å². The van der Waals surface area contributed by atoms with Gasteiger partial charge in [-0.05, 0) is 6.42 Å². The van der Waals surface area contributed by atoms with Gasteiger partial charge in [0, 0.05) is 34.4 Å². The third kappa shape index (κ3) is 8.60. The minimum absolute atomic E-state index is 0.121. The summed E-state index contributed by atoms with van der Waals surface area (Å²) >= 11 is 0. The largest absolute Gasteiger partial charge is 0.518 e. The van der Waals surface area contributed by atoms with Crippen molar-refractivity contribution in [1.82, 2.24) is 5.32 Å². The Kier molecular flexibility index (Phi) is 14.6. The Bertz CT molecular complexity index is 233. The summed E-state index contributed by atoms with van der Waals surface area (Å²) < 4.78 is 16.8. The van der Waals surface area contributed by atoms with Gasteiger partial charge in [-0.3, -0.25) is 0 Å². The maximum Gasteiger partial charge on any atom is 0.518 e. The van der Waals surface area contributed by atoms with Crippen LogP contribution in [0.25, 0.3) is 0 Å². The average Bonchev–Trinajstić information content (AvgIpc) is 2.56. The maximum atomic E-state index is 5.61. The predicted octanol–water partition coefficient (Wildman–Crippen LogP) is 2.85. The smallest absolute Gasteiger partial charge is 0.376 e. The molecule has 0 amide bonds. The second-order valence-electron chi connectivity index (χ2n) is 5.77. The third-order valence-corrected chi connectivity index (χ3v) is 7.22. The second kappa shape index (κ2) is 14.6. The van der Waals surface area contributed by atoms with Gasteiger partial charge in [-0.1, -0.05) is 58.3 Å². The Labute approximate surface area is 138 Å². The Hall–Kier alpha value is 0.0169. The van der Waals surface area contributed by atoms with E-state index in [1.807, 2.05) is 0 Å². The normalized spacial score (nSPS) is 13.5. The molecule has 0 radical (unpaired) electrons. The Balaban J connectivity index is 4.09. The number of hydrogen-bond donors (Lipinski definition) is 2. The van der Waals surface area contributed by atoms with E-state index in [1.54, 1.807) is 21.3 Å². The van der Waals surface area contributed by atoms with E-state index < -0.39 is 8.80 Å². The van der Waals surface area contributed by atoms with Crippen LogP contribution < -0.4 is 11.1 Å². The lowest BCUT2D eigenvalue weighted by Gasteiger charge is -2.33. The second-order valence-corrected chi connectivity index (χ2v) is 8.90. The highest BCUT2D eigenvalue weighted by atomic mass is 28.4. The van der Waals surface area contributed by atoms with E-state index in [9.17, 15) is 0 Å². The molecule has 0 aliphatic carbocycles. The van der Waals surface area contributed by atoms with Crippen LogP contribution in [0, 0.1) is 0 Å². The minimum Gasteiger partial charge on any atom is -0.376 e. The van der Waals surface area contributed by atoms with E-state index in [0.717, 1.165) is 13.0 Å². The molecule has 0 spiro atoms. The Morgan fingerprint density at radius 2 is 1.36 bits per heavy atom. The highest BCUT2D eigenvalue weighted by Gasteiger charge is 2.46. The van der Waals surface area contributed by atoms with Crippen molar-refractivity contribution in [2.24, 2.45) is 5.73 Å². The van der Waals surface area contributed by atoms with Crippen LogP contribution >= 0.6 is 0 Å². The molecule has 6 heteroatoms. The first kappa shape index (κ1) is 22.0. The molecule has 0 heterocycles. The number of unbranched alkanes of at least 4 members (excludes halogenated alkanes) is 7. The Morgan fingerprint density at radius 1 is 0.864 bits per heavy atom. The summed E-state index contributed by atoms with van der Waals surface area (Å²) in [5.41, 5.74) is 5.73. The first-order chi connectivity index (χ1) is 10.7. The number of nitrogens with one attached hydrogen (secondary N) is 1. The quantitative estimate of drug-likeness (QED) is 0.336. The van der Waals surface area contributed by atoms with Crippen LogP contribution in [0.2, 0.25) is 0 Å². The van der Waals surface area contributed by atoms with Crippen molar-refractivity contribution >= 4 is 8.80 Å². The highest BCUT2D eigenvalue weighted by molar-refractivity contribution is 6.62. The van der Waals surface area contributed by atoms with Crippen LogP contribution in [0.1, 0.15) is 64.7 Å². The molecule has 1 atom stereocenters. The van der Waals surface area contributed by atoms with E-state index >= 15 is 0 Å². The van der Waals surface area contributed by atoms with Crippen LogP contribution in [0.15, 0.2) is 0 Å². The molecule has 5 nitrogen and oxygen atoms in total. The first-order valence-electron chi connectivity index (χ1n) is 8.79. The maximum absolute atomic E-state index is 5.61. The summed E-state index contributed by atoms with van der Waals surface area (Å²) in [6, 6.07) is 0. The van der Waals surface area contributed by atoms with E-state index in [2.05, 4.69) is 12.2 Å². The summed E-state index contributed by atoms with van der Waals surface area (Å²) in [4.78, 5) is 0. The van der Waals surface area contributed by atoms with Gasteiger partial charge < -0.3 is 24.3 Å². The van der Waals surface area contributed by atoms with Gasteiger partial charge in [-0.25, -0.2) is 0 Å². The molecule has 0 aromatic rings. The van der Waals surface area contributed by atoms with Gasteiger partial charge in [0.1, 0.15) is 0 Å². The fourth-order valence-electron chi connectivity index (χ4n) is 2.82. The summed E-state index contributed by atoms with van der Waals surface area (Å²) in [5, 5.41) is 3.44. The van der Waals surface area contributed by atoms with Crippen LogP contribution in [0.4, 0.5) is 0 Å². The summed E-state index contributed by atoms with van der Waals surface area (Å²) in [5.74, 6) is 0. The van der Waals surface area contributed by atoms with Crippen molar-refractivity contribution in [3.63, 3.8) is 0 Å². The Morgan fingerprint density at radius 3 is 1.82 bits per heavy atom. The van der Waals surface area contributed by atoms with Gasteiger partial charge in [0.2, 0.25) is 0 Å². The van der Waals surface area contributed by atoms with Crippen molar-refractivity contribution in [1.29, 1.82) is 0 Å². The molecule has 134 valence electrons. The zero-order valence-electron chi connectivity index (χ0n) is 15.2. The molecule has 0 aromatic heterocycles. The van der Waals surface area contributed by atoms with Crippen molar-refractivity contribution in [3.05, 3.63) is 0 Å². The van der Waals surface area contributed by atoms with Gasteiger partial charge in [-0.15, -0.1) is 0 Å². The number of hydrogen-bond acceptors (Lipinski definition) is 5. The first-order valence-corrected chi connectivity index (χ1v) is 10.6. The zero-order valence-corrected chi connectivity index (χ0v) is 16.2. The van der Waals surface area contributed by atoms with Crippen molar-refractivity contribution in [2.75, 3.05) is 34.4 Å². The molecule has 0 saturated heterocycles. The topological polar surface area (TPSA) is 65.7 Å². The van der Waals surface area contributed by atoms with Crippen LogP contribution in [0.3, 0.4) is 0 Å². The third-order valence-electron chi connectivity index (χ3n) is 4.16. The molecule has 0 aliphatic rings. The van der Waals surface area contributed by atoms with Crippen LogP contribution in [-0.4, -0.2) is 48.9 Å². The molecule has 0 rings (SSSR count). The zero-order chi connectivity index (χ0) is 16.7. The minimum atomic E-state index is -2.64. The summed E-state index contributed by atoms with van der Waals surface area (Å²) in [7, 11) is 2.38. The molecule has 3 N–H and O–H groups in total. The summed E-state index contributed by atoms with van der Waals surface area (Å²) in [6.07, 6.45) is 11.5. The van der Waals surface area contributed by atoms with Crippen LogP contribution in [0.5, 0.6) is 0 Å². The van der Waals surface area contributed by atoms with Gasteiger partial charge in [0.15, 0.2) is 0 Å². The lowest BCUT2D eigenvalue weighted by Crippen LogP contribution is -2.61. The SMILES string of the molecule is CCCCCCCCCCC(NCCN)[Si](OC)(OC)OC. The van der Waals surface area contributed by atoms with Crippen molar-refractivity contribution in [2.45, 2.75) is 70.4 Å². The molecule has 0 aliphatic heterocycles. The molecular weight excluding hydrogens is 296 g/mol. The molecule has 0 fully saturated rings. The van der Waals surface area contributed by atoms with Crippen LogP contribution in [-0.2, 0) is 13.3 Å². The highest BCUT2D eigenvalue weighted by Crippen LogP contribution is 2.18. The number of rotatable bonds is 16. The van der Waals surface area contributed by atoms with Crippen molar-refractivity contribution in [3.8, 4) is 0 Å². The van der Waals surface area contributed by atoms with Gasteiger partial charge in [0.05, 0.1) is 5.67 Å². The van der Waals surface area contributed by atoms with E-state index in [-0.39, 0.29) is 5.67 Å².